The summed E-state index contributed by atoms with van der Waals surface area (Å²) in [6, 6.07) is 4.05. The molecule has 6 nitrogen and oxygen atoms in total. The van der Waals surface area contributed by atoms with Crippen LogP contribution >= 0.6 is 0 Å². The third kappa shape index (κ3) is 2.05. The summed E-state index contributed by atoms with van der Waals surface area (Å²) in [6.07, 6.45) is 7.27. The average Bonchev–Trinajstić information content (AvgIpc) is 2.82. The zero-order valence-electron chi connectivity index (χ0n) is 12.3. The van der Waals surface area contributed by atoms with Crippen molar-refractivity contribution in [1.82, 2.24) is 5.01 Å². The van der Waals surface area contributed by atoms with Crippen LogP contribution in [0.4, 0.5) is 0 Å². The van der Waals surface area contributed by atoms with E-state index >= 15 is 0 Å². The van der Waals surface area contributed by atoms with Gasteiger partial charge >= 0.3 is 0 Å². The lowest BCUT2D eigenvalue weighted by Gasteiger charge is -2.37. The molecule has 2 fully saturated rings. The molecule has 1 aliphatic heterocycles. The Hall–Kier alpha value is -2.63. The van der Waals surface area contributed by atoms with Crippen molar-refractivity contribution in [2.75, 3.05) is 0 Å². The van der Waals surface area contributed by atoms with Crippen molar-refractivity contribution in [3.63, 3.8) is 0 Å². The number of fused-ring (bicyclic) bond motifs is 1. The summed E-state index contributed by atoms with van der Waals surface area (Å²) >= 11 is 0. The van der Waals surface area contributed by atoms with Crippen LogP contribution in [-0.2, 0) is 9.59 Å². The molecule has 0 radical (unpaired) electrons. The van der Waals surface area contributed by atoms with Gasteiger partial charge in [-0.3, -0.25) is 9.59 Å². The van der Waals surface area contributed by atoms with Crippen molar-refractivity contribution >= 4 is 18.0 Å². The molecule has 1 heterocycles. The lowest BCUT2D eigenvalue weighted by molar-refractivity contribution is -0.140. The first-order valence-corrected chi connectivity index (χ1v) is 7.68. The molecule has 1 saturated carbocycles. The predicted molar refractivity (Wildman–Crippen MR) is 81.6 cm³/mol. The molecule has 0 spiro atoms. The number of carbonyl (C=O) groups is 2. The van der Waals surface area contributed by atoms with E-state index < -0.39 is 0 Å². The minimum Gasteiger partial charge on any atom is -0.508 e. The summed E-state index contributed by atoms with van der Waals surface area (Å²) in [5.74, 6) is -1.07. The second kappa shape index (κ2) is 4.94. The number of carbonyl (C=O) groups excluding carboxylic acids is 2. The van der Waals surface area contributed by atoms with Gasteiger partial charge in [0.2, 0.25) is 0 Å². The summed E-state index contributed by atoms with van der Waals surface area (Å²) in [6.45, 7) is 0. The Morgan fingerprint density at radius 3 is 2.17 bits per heavy atom. The highest BCUT2D eigenvalue weighted by Crippen LogP contribution is 2.49. The lowest BCUT2D eigenvalue weighted by atomic mass is 9.63. The lowest BCUT2D eigenvalue weighted by Crippen LogP contribution is -2.38. The topological polar surface area (TPSA) is 90.2 Å². The molecule has 1 aromatic rings. The second-order valence-electron chi connectivity index (χ2n) is 6.32. The molecule has 118 valence electrons. The minimum atomic E-state index is -0.295. The number of phenols is 2. The Kier molecular flexibility index (Phi) is 3.01. The molecule has 5 rings (SSSR count). The molecule has 6 heteroatoms. The van der Waals surface area contributed by atoms with Gasteiger partial charge < -0.3 is 10.2 Å². The largest absolute Gasteiger partial charge is 0.508 e. The fraction of sp³-hybridized carbons (Fsp3) is 0.353. The molecule has 0 aromatic heterocycles. The molecule has 2 N–H and O–H groups in total. The maximum Gasteiger partial charge on any atom is 0.254 e. The number of amides is 2. The number of aromatic hydroxyl groups is 2. The average molecular weight is 312 g/mol. The highest BCUT2D eigenvalue weighted by Gasteiger charge is 2.56. The van der Waals surface area contributed by atoms with Crippen molar-refractivity contribution in [3.05, 3.63) is 35.9 Å². The van der Waals surface area contributed by atoms with E-state index in [9.17, 15) is 19.8 Å². The first-order chi connectivity index (χ1) is 11.1. The van der Waals surface area contributed by atoms with Gasteiger partial charge in [0.1, 0.15) is 11.5 Å². The summed E-state index contributed by atoms with van der Waals surface area (Å²) < 4.78 is 0. The van der Waals surface area contributed by atoms with Gasteiger partial charge in [-0.2, -0.15) is 10.1 Å². The fourth-order valence-corrected chi connectivity index (χ4v) is 3.93. The molecular formula is C17H16N2O4. The third-order valence-electron chi connectivity index (χ3n) is 5.06. The number of allylic oxidation sites excluding steroid dienone is 2. The minimum absolute atomic E-state index is 0.0679. The first-order valence-electron chi connectivity index (χ1n) is 7.68. The van der Waals surface area contributed by atoms with Crippen LogP contribution in [0.25, 0.3) is 0 Å². The van der Waals surface area contributed by atoms with E-state index in [4.69, 9.17) is 0 Å². The van der Waals surface area contributed by atoms with Crippen molar-refractivity contribution in [3.8, 4) is 11.5 Å². The number of nitrogens with zero attached hydrogens (tertiary/aromatic N) is 2. The van der Waals surface area contributed by atoms with E-state index in [0.717, 1.165) is 17.9 Å². The zero-order chi connectivity index (χ0) is 16.1. The van der Waals surface area contributed by atoms with E-state index in [-0.39, 0.29) is 47.0 Å². The summed E-state index contributed by atoms with van der Waals surface area (Å²) in [4.78, 5) is 25.1. The summed E-state index contributed by atoms with van der Waals surface area (Å²) in [7, 11) is 0. The molecule has 0 unspecified atom stereocenters. The molecule has 23 heavy (non-hydrogen) atoms. The van der Waals surface area contributed by atoms with Crippen LogP contribution in [0.2, 0.25) is 0 Å². The normalized spacial score (nSPS) is 32.1. The number of benzene rings is 1. The number of imide groups is 1. The van der Waals surface area contributed by atoms with Crippen molar-refractivity contribution in [2.24, 2.45) is 28.8 Å². The van der Waals surface area contributed by atoms with Crippen LogP contribution in [0.5, 0.6) is 11.5 Å². The van der Waals surface area contributed by atoms with Crippen LogP contribution in [0.3, 0.4) is 0 Å². The molecule has 1 saturated heterocycles. The van der Waals surface area contributed by atoms with Gasteiger partial charge in [0.25, 0.3) is 11.8 Å². The van der Waals surface area contributed by atoms with E-state index in [1.807, 2.05) is 0 Å². The quantitative estimate of drug-likeness (QED) is 0.493. The van der Waals surface area contributed by atoms with Crippen LogP contribution in [0, 0.1) is 23.7 Å². The third-order valence-corrected chi connectivity index (χ3v) is 5.06. The Bertz CT molecular complexity index is 723. The van der Waals surface area contributed by atoms with E-state index in [1.165, 1.54) is 24.4 Å². The van der Waals surface area contributed by atoms with Crippen molar-refractivity contribution in [2.45, 2.75) is 12.8 Å². The Morgan fingerprint density at radius 1 is 1.04 bits per heavy atom. The van der Waals surface area contributed by atoms with Crippen LogP contribution < -0.4 is 0 Å². The summed E-state index contributed by atoms with van der Waals surface area (Å²) in [5, 5.41) is 24.0. The van der Waals surface area contributed by atoms with Gasteiger partial charge in [-0.05, 0) is 36.8 Å². The molecule has 2 amide bonds. The van der Waals surface area contributed by atoms with Gasteiger partial charge in [-0.25, -0.2) is 0 Å². The SMILES string of the molecule is O=C1[C@@H]2[C@@H](C(=O)N1/N=C\c1ccc(O)cc1O)[C@H]1C=C[C@@H]2CC1. The predicted octanol–water partition coefficient (Wildman–Crippen LogP) is 1.63. The van der Waals surface area contributed by atoms with Crippen LogP contribution in [-0.4, -0.2) is 33.3 Å². The Labute approximate surface area is 132 Å². The Morgan fingerprint density at radius 2 is 1.65 bits per heavy atom. The van der Waals surface area contributed by atoms with E-state index in [1.54, 1.807) is 0 Å². The molecule has 3 aliphatic carbocycles. The van der Waals surface area contributed by atoms with E-state index in [0.29, 0.717) is 5.56 Å². The Balaban J connectivity index is 1.62. The number of rotatable bonds is 2. The smallest absolute Gasteiger partial charge is 0.254 e. The summed E-state index contributed by atoms with van der Waals surface area (Å²) in [5.41, 5.74) is 0.333. The molecule has 1 aromatic carbocycles. The van der Waals surface area contributed by atoms with Crippen LogP contribution in [0.1, 0.15) is 18.4 Å². The van der Waals surface area contributed by atoms with Gasteiger partial charge in [-0.1, -0.05) is 12.2 Å². The highest BCUT2D eigenvalue weighted by atomic mass is 16.3. The molecular weight excluding hydrogens is 296 g/mol. The number of hydrogen-bond donors (Lipinski definition) is 2. The maximum absolute atomic E-state index is 12.6. The number of phenolic OH excluding ortho intramolecular Hbond substituents is 2. The molecule has 2 bridgehead atoms. The van der Waals surface area contributed by atoms with Crippen LogP contribution in [0.15, 0.2) is 35.5 Å². The second-order valence-corrected chi connectivity index (χ2v) is 6.32. The first kappa shape index (κ1) is 14.0. The van der Waals surface area contributed by atoms with Gasteiger partial charge in [0.05, 0.1) is 18.1 Å². The van der Waals surface area contributed by atoms with Crippen molar-refractivity contribution < 1.29 is 19.8 Å². The zero-order valence-corrected chi connectivity index (χ0v) is 12.3. The monoisotopic (exact) mass is 312 g/mol. The fourth-order valence-electron chi connectivity index (χ4n) is 3.93. The van der Waals surface area contributed by atoms with E-state index in [2.05, 4.69) is 17.3 Å². The highest BCUT2D eigenvalue weighted by molar-refractivity contribution is 6.06. The number of hydrazone groups is 1. The van der Waals surface area contributed by atoms with Crippen molar-refractivity contribution in [1.29, 1.82) is 0 Å². The standard InChI is InChI=1S/C17H16N2O4/c20-12-6-5-11(13(21)7-12)8-18-19-16(22)14-9-1-2-10(4-3-9)15(14)17(19)23/h1-2,5-10,14-15,20-21H,3-4H2/b18-8-/t9-,10+,14-,15-/m0/s1. The van der Waals surface area contributed by atoms with Gasteiger partial charge in [0, 0.05) is 11.6 Å². The molecule has 4 aliphatic rings. The molecule has 4 atom stereocenters. The van der Waals surface area contributed by atoms with Gasteiger partial charge in [-0.15, -0.1) is 0 Å². The number of hydrogen-bond acceptors (Lipinski definition) is 5. The maximum atomic E-state index is 12.6. The van der Waals surface area contributed by atoms with Gasteiger partial charge in [0.15, 0.2) is 0 Å².